The van der Waals surface area contributed by atoms with Crippen molar-refractivity contribution in [2.24, 2.45) is 0 Å². The molecule has 0 saturated carbocycles. The van der Waals surface area contributed by atoms with Gasteiger partial charge < -0.3 is 15.7 Å². The van der Waals surface area contributed by atoms with E-state index >= 15 is 0 Å². The van der Waals surface area contributed by atoms with Crippen LogP contribution in [0.2, 0.25) is 0 Å². The third-order valence-electron chi connectivity index (χ3n) is 3.13. The number of carboxylic acids is 1. The summed E-state index contributed by atoms with van der Waals surface area (Å²) in [6.07, 6.45) is 3.29. The zero-order valence-electron chi connectivity index (χ0n) is 12.5. The summed E-state index contributed by atoms with van der Waals surface area (Å²) in [5.41, 5.74) is 2.43. The van der Waals surface area contributed by atoms with Gasteiger partial charge in [-0.15, -0.1) is 0 Å². The molecule has 0 saturated heterocycles. The maximum Gasteiger partial charge on any atom is 0.314 e. The lowest BCUT2D eigenvalue weighted by Crippen LogP contribution is -2.37. The molecule has 116 valence electrons. The minimum Gasteiger partial charge on any atom is -0.481 e. The number of benzene rings is 1. The smallest absolute Gasteiger partial charge is 0.314 e. The predicted molar refractivity (Wildman–Crippen MR) is 82.4 cm³/mol. The molecule has 0 spiro atoms. The Labute approximate surface area is 125 Å². The molecule has 0 atom stereocenters. The number of aliphatic carboxylic acids is 1. The first kappa shape index (κ1) is 17.0. The van der Waals surface area contributed by atoms with E-state index in [-0.39, 0.29) is 12.5 Å². The van der Waals surface area contributed by atoms with Crippen LogP contribution in [0.4, 0.5) is 4.79 Å². The third kappa shape index (κ3) is 8.68. The molecule has 0 aromatic heterocycles. The van der Waals surface area contributed by atoms with Gasteiger partial charge in [-0.25, -0.2) is 4.79 Å². The first-order valence-corrected chi connectivity index (χ1v) is 7.37. The average Bonchev–Trinajstić information content (AvgIpc) is 2.42. The number of amides is 2. The fourth-order valence-corrected chi connectivity index (χ4v) is 2.03. The molecule has 1 rings (SSSR count). The molecule has 1 aromatic rings. The lowest BCUT2D eigenvalue weighted by atomic mass is 10.1. The van der Waals surface area contributed by atoms with Gasteiger partial charge in [0.2, 0.25) is 0 Å². The van der Waals surface area contributed by atoms with E-state index in [2.05, 4.69) is 22.8 Å². The van der Waals surface area contributed by atoms with E-state index in [4.69, 9.17) is 5.11 Å². The van der Waals surface area contributed by atoms with Crippen molar-refractivity contribution in [2.75, 3.05) is 13.1 Å². The van der Waals surface area contributed by atoms with Crippen molar-refractivity contribution in [2.45, 2.75) is 39.0 Å². The molecule has 5 nitrogen and oxygen atoms in total. The van der Waals surface area contributed by atoms with Crippen LogP contribution in [-0.2, 0) is 11.2 Å². The van der Waals surface area contributed by atoms with E-state index in [9.17, 15) is 9.59 Å². The van der Waals surface area contributed by atoms with E-state index in [1.54, 1.807) is 0 Å². The van der Waals surface area contributed by atoms with Crippen molar-refractivity contribution in [1.82, 2.24) is 10.6 Å². The number of carbonyl (C=O) groups is 2. The van der Waals surface area contributed by atoms with Crippen LogP contribution in [0.1, 0.15) is 36.8 Å². The number of aryl methyl sites for hydroxylation is 1. The minimum atomic E-state index is -0.767. The number of carboxylic acid groups (broad SMARTS) is 1. The molecular formula is C16H24N2O3. The van der Waals surface area contributed by atoms with Gasteiger partial charge in [0.1, 0.15) is 0 Å². The number of hydrogen-bond acceptors (Lipinski definition) is 2. The predicted octanol–water partition coefficient (Wildman–Crippen LogP) is 2.48. The molecule has 0 fully saturated rings. The van der Waals surface area contributed by atoms with Crippen LogP contribution >= 0.6 is 0 Å². The molecule has 0 heterocycles. The van der Waals surface area contributed by atoms with Crippen LogP contribution in [0.15, 0.2) is 24.3 Å². The average molecular weight is 292 g/mol. The number of urea groups is 1. The Morgan fingerprint density at radius 1 is 1.10 bits per heavy atom. The SMILES string of the molecule is Cc1cccc(CCNC(=O)NCCCCCC(=O)O)c1. The van der Waals surface area contributed by atoms with E-state index in [1.165, 1.54) is 11.1 Å². The fraction of sp³-hybridized carbons (Fsp3) is 0.500. The highest BCUT2D eigenvalue weighted by Gasteiger charge is 2.00. The zero-order valence-corrected chi connectivity index (χ0v) is 12.5. The van der Waals surface area contributed by atoms with Gasteiger partial charge in [-0.3, -0.25) is 4.79 Å². The first-order chi connectivity index (χ1) is 10.1. The molecule has 0 radical (unpaired) electrons. The Balaban J connectivity index is 2.02. The molecule has 2 amide bonds. The lowest BCUT2D eigenvalue weighted by molar-refractivity contribution is -0.137. The van der Waals surface area contributed by atoms with Gasteiger partial charge >= 0.3 is 12.0 Å². The van der Waals surface area contributed by atoms with Gasteiger partial charge in [0.05, 0.1) is 0 Å². The molecule has 1 aromatic carbocycles. The Morgan fingerprint density at radius 3 is 2.57 bits per heavy atom. The van der Waals surface area contributed by atoms with Gasteiger partial charge in [0.25, 0.3) is 0 Å². The summed E-state index contributed by atoms with van der Waals surface area (Å²) >= 11 is 0. The molecule has 5 heteroatoms. The third-order valence-corrected chi connectivity index (χ3v) is 3.13. The van der Waals surface area contributed by atoms with E-state index in [1.807, 2.05) is 19.1 Å². The number of nitrogens with one attached hydrogen (secondary N) is 2. The maximum atomic E-state index is 11.5. The van der Waals surface area contributed by atoms with E-state index < -0.39 is 5.97 Å². The second-order valence-corrected chi connectivity index (χ2v) is 5.13. The standard InChI is InChI=1S/C16H24N2O3/c1-13-6-5-7-14(12-13)9-11-18-16(21)17-10-4-2-3-8-15(19)20/h5-7,12H,2-4,8-11H2,1H3,(H,19,20)(H2,17,18,21). The highest BCUT2D eigenvalue weighted by Crippen LogP contribution is 2.03. The van der Waals surface area contributed by atoms with Crippen LogP contribution in [0.3, 0.4) is 0 Å². The van der Waals surface area contributed by atoms with Crippen molar-refractivity contribution in [3.8, 4) is 0 Å². The maximum absolute atomic E-state index is 11.5. The van der Waals surface area contributed by atoms with Crippen LogP contribution in [0, 0.1) is 6.92 Å². The molecule has 21 heavy (non-hydrogen) atoms. The number of unbranched alkanes of at least 4 members (excludes halogenated alkanes) is 2. The van der Waals surface area contributed by atoms with Crippen molar-refractivity contribution < 1.29 is 14.7 Å². The summed E-state index contributed by atoms with van der Waals surface area (Å²) in [5.74, 6) is -0.767. The molecule has 0 aliphatic heterocycles. The molecule has 0 aliphatic rings. The van der Waals surface area contributed by atoms with E-state index in [0.29, 0.717) is 19.5 Å². The molecular weight excluding hydrogens is 268 g/mol. The summed E-state index contributed by atoms with van der Waals surface area (Å²) in [6.45, 7) is 3.23. The van der Waals surface area contributed by atoms with Gasteiger partial charge in [-0.1, -0.05) is 36.2 Å². The van der Waals surface area contributed by atoms with Crippen molar-refractivity contribution >= 4 is 12.0 Å². The molecule has 0 aliphatic carbocycles. The number of hydrogen-bond donors (Lipinski definition) is 3. The number of rotatable bonds is 9. The van der Waals surface area contributed by atoms with Crippen LogP contribution < -0.4 is 10.6 Å². The normalized spacial score (nSPS) is 10.1. The zero-order chi connectivity index (χ0) is 15.5. The summed E-state index contributed by atoms with van der Waals surface area (Å²) in [4.78, 5) is 21.8. The van der Waals surface area contributed by atoms with E-state index in [0.717, 1.165) is 19.3 Å². The van der Waals surface area contributed by atoms with Gasteiger partial charge in [-0.05, 0) is 31.7 Å². The Morgan fingerprint density at radius 2 is 1.86 bits per heavy atom. The molecule has 0 unspecified atom stereocenters. The Hall–Kier alpha value is -2.04. The van der Waals surface area contributed by atoms with Crippen LogP contribution in [-0.4, -0.2) is 30.2 Å². The Kier molecular flexibility index (Phi) is 7.94. The van der Waals surface area contributed by atoms with Crippen LogP contribution in [0.5, 0.6) is 0 Å². The molecule has 3 N–H and O–H groups in total. The lowest BCUT2D eigenvalue weighted by Gasteiger charge is -2.08. The summed E-state index contributed by atoms with van der Waals surface area (Å²) in [6, 6.07) is 8.06. The van der Waals surface area contributed by atoms with Crippen molar-refractivity contribution in [1.29, 1.82) is 0 Å². The summed E-state index contributed by atoms with van der Waals surface area (Å²) in [5, 5.41) is 14.1. The van der Waals surface area contributed by atoms with Crippen LogP contribution in [0.25, 0.3) is 0 Å². The molecule has 0 bridgehead atoms. The van der Waals surface area contributed by atoms with Gasteiger partial charge in [-0.2, -0.15) is 0 Å². The van der Waals surface area contributed by atoms with Crippen molar-refractivity contribution in [3.63, 3.8) is 0 Å². The Bertz CT molecular complexity index is 461. The highest BCUT2D eigenvalue weighted by molar-refractivity contribution is 5.73. The van der Waals surface area contributed by atoms with Crippen molar-refractivity contribution in [3.05, 3.63) is 35.4 Å². The van der Waals surface area contributed by atoms with Gasteiger partial charge in [0.15, 0.2) is 0 Å². The minimum absolute atomic E-state index is 0.166. The monoisotopic (exact) mass is 292 g/mol. The summed E-state index contributed by atoms with van der Waals surface area (Å²) < 4.78 is 0. The first-order valence-electron chi connectivity index (χ1n) is 7.37. The highest BCUT2D eigenvalue weighted by atomic mass is 16.4. The largest absolute Gasteiger partial charge is 0.481 e. The fourth-order valence-electron chi connectivity index (χ4n) is 2.03. The topological polar surface area (TPSA) is 78.4 Å². The second-order valence-electron chi connectivity index (χ2n) is 5.13. The second kappa shape index (κ2) is 9.80. The number of carbonyl (C=O) groups excluding carboxylic acids is 1. The van der Waals surface area contributed by atoms with Gasteiger partial charge in [0, 0.05) is 19.5 Å². The summed E-state index contributed by atoms with van der Waals surface area (Å²) in [7, 11) is 0. The quantitative estimate of drug-likeness (QED) is 0.612.